The Morgan fingerprint density at radius 1 is 1.40 bits per heavy atom. The molecule has 20 heavy (non-hydrogen) atoms. The van der Waals surface area contributed by atoms with E-state index in [0.717, 1.165) is 48.7 Å². The maximum absolute atomic E-state index is 6.36. The van der Waals surface area contributed by atoms with Gasteiger partial charge in [-0.1, -0.05) is 18.5 Å². The quantitative estimate of drug-likeness (QED) is 0.909. The Balaban J connectivity index is 1.76. The molecular formula is C16H23ClN2O. The van der Waals surface area contributed by atoms with Gasteiger partial charge in [-0.15, -0.1) is 0 Å². The largest absolute Gasteiger partial charge is 0.487 e. The van der Waals surface area contributed by atoms with Crippen LogP contribution in [-0.2, 0) is 0 Å². The topological polar surface area (TPSA) is 38.5 Å². The molecule has 1 atom stereocenters. The number of hydrogen-bond donors (Lipinski definition) is 1. The Labute approximate surface area is 126 Å². The summed E-state index contributed by atoms with van der Waals surface area (Å²) in [4.78, 5) is 2.53. The molecule has 1 spiro atoms. The van der Waals surface area contributed by atoms with Gasteiger partial charge in [0.1, 0.15) is 11.4 Å². The van der Waals surface area contributed by atoms with Crippen LogP contribution in [0.1, 0.15) is 44.2 Å². The summed E-state index contributed by atoms with van der Waals surface area (Å²) in [6.45, 7) is 5.65. The third kappa shape index (κ3) is 2.67. The van der Waals surface area contributed by atoms with Gasteiger partial charge >= 0.3 is 0 Å². The molecular weight excluding hydrogens is 272 g/mol. The maximum atomic E-state index is 6.36. The van der Waals surface area contributed by atoms with E-state index in [0.29, 0.717) is 0 Å². The minimum atomic E-state index is -0.0650. The summed E-state index contributed by atoms with van der Waals surface area (Å²) in [6.07, 6.45) is 4.26. The Kier molecular flexibility index (Phi) is 3.93. The Bertz CT molecular complexity index is 483. The van der Waals surface area contributed by atoms with Gasteiger partial charge in [0, 0.05) is 36.1 Å². The highest BCUT2D eigenvalue weighted by molar-refractivity contribution is 6.30. The summed E-state index contributed by atoms with van der Waals surface area (Å²) < 4.78 is 6.35. The fourth-order valence-electron chi connectivity index (χ4n) is 3.49. The van der Waals surface area contributed by atoms with Crippen molar-refractivity contribution in [1.29, 1.82) is 0 Å². The van der Waals surface area contributed by atoms with Gasteiger partial charge in [-0.05, 0) is 44.0 Å². The third-order valence-electron chi connectivity index (χ3n) is 4.60. The lowest BCUT2D eigenvalue weighted by molar-refractivity contribution is -0.0215. The maximum Gasteiger partial charge on any atom is 0.125 e. The average Bonchev–Trinajstić information content (AvgIpc) is 2.43. The van der Waals surface area contributed by atoms with Crippen LogP contribution in [0.15, 0.2) is 18.2 Å². The molecule has 2 heterocycles. The van der Waals surface area contributed by atoms with E-state index in [1.807, 2.05) is 18.2 Å². The van der Waals surface area contributed by atoms with Crippen LogP contribution >= 0.6 is 11.6 Å². The van der Waals surface area contributed by atoms with E-state index in [1.54, 1.807) is 0 Å². The van der Waals surface area contributed by atoms with Crippen LogP contribution in [0.4, 0.5) is 0 Å². The highest BCUT2D eigenvalue weighted by Crippen LogP contribution is 2.44. The molecule has 1 saturated heterocycles. The van der Waals surface area contributed by atoms with Crippen LogP contribution in [-0.4, -0.2) is 30.1 Å². The second-order valence-corrected chi connectivity index (χ2v) is 6.56. The smallest absolute Gasteiger partial charge is 0.125 e. The van der Waals surface area contributed by atoms with Gasteiger partial charge in [0.05, 0.1) is 0 Å². The first-order valence-electron chi connectivity index (χ1n) is 7.58. The number of nitrogens with zero attached hydrogens (tertiary/aromatic N) is 1. The van der Waals surface area contributed by atoms with Crippen molar-refractivity contribution in [2.75, 3.05) is 19.6 Å². The molecule has 0 bridgehead atoms. The fraction of sp³-hybridized carbons (Fsp3) is 0.625. The number of halogens is 1. The first kappa shape index (κ1) is 14.2. The zero-order chi connectivity index (χ0) is 14.2. The summed E-state index contributed by atoms with van der Waals surface area (Å²) in [5.41, 5.74) is 7.35. The summed E-state index contributed by atoms with van der Waals surface area (Å²) >= 11 is 6.06. The minimum Gasteiger partial charge on any atom is -0.487 e. The van der Waals surface area contributed by atoms with E-state index >= 15 is 0 Å². The monoisotopic (exact) mass is 294 g/mol. The molecule has 2 aliphatic rings. The number of rotatable bonds is 2. The molecule has 0 amide bonds. The lowest BCUT2D eigenvalue weighted by atomic mass is 9.81. The second-order valence-electron chi connectivity index (χ2n) is 6.12. The van der Waals surface area contributed by atoms with Crippen molar-refractivity contribution >= 4 is 11.6 Å². The first-order chi connectivity index (χ1) is 9.62. The third-order valence-corrected chi connectivity index (χ3v) is 4.83. The summed E-state index contributed by atoms with van der Waals surface area (Å²) in [7, 11) is 0. The number of piperidine rings is 1. The Morgan fingerprint density at radius 3 is 2.85 bits per heavy atom. The van der Waals surface area contributed by atoms with Crippen LogP contribution in [0, 0.1) is 0 Å². The molecule has 2 N–H and O–H groups in total. The zero-order valence-corrected chi connectivity index (χ0v) is 12.8. The molecule has 1 unspecified atom stereocenters. The molecule has 4 heteroatoms. The number of hydrogen-bond acceptors (Lipinski definition) is 3. The molecule has 1 fully saturated rings. The van der Waals surface area contributed by atoms with Gasteiger partial charge in [0.2, 0.25) is 0 Å². The van der Waals surface area contributed by atoms with Crippen LogP contribution < -0.4 is 10.5 Å². The van der Waals surface area contributed by atoms with Crippen molar-refractivity contribution < 1.29 is 4.74 Å². The van der Waals surface area contributed by atoms with E-state index < -0.39 is 0 Å². The van der Waals surface area contributed by atoms with Gasteiger partial charge < -0.3 is 15.4 Å². The molecule has 0 saturated carbocycles. The van der Waals surface area contributed by atoms with Gasteiger partial charge in [-0.25, -0.2) is 0 Å². The van der Waals surface area contributed by atoms with E-state index in [4.69, 9.17) is 22.1 Å². The standard InChI is InChI=1S/C16H23ClN2O/c1-2-7-19-8-5-16(6-9-19)11-14(18)13-10-12(17)3-4-15(13)20-16/h3-4,10,14H,2,5-9,11,18H2,1H3. The Hall–Kier alpha value is -0.770. The van der Waals surface area contributed by atoms with E-state index in [2.05, 4.69) is 11.8 Å². The molecule has 0 aliphatic carbocycles. The number of likely N-dealkylation sites (tertiary alicyclic amines) is 1. The zero-order valence-electron chi connectivity index (χ0n) is 12.1. The van der Waals surface area contributed by atoms with E-state index in [1.165, 1.54) is 13.0 Å². The number of ether oxygens (including phenoxy) is 1. The SMILES string of the molecule is CCCN1CCC2(CC1)CC(N)c1cc(Cl)ccc1O2. The van der Waals surface area contributed by atoms with E-state index in [-0.39, 0.29) is 11.6 Å². The van der Waals surface area contributed by atoms with Crippen LogP contribution in [0.5, 0.6) is 5.75 Å². The van der Waals surface area contributed by atoms with Gasteiger partial charge in [0.15, 0.2) is 0 Å². The Morgan fingerprint density at radius 2 is 2.15 bits per heavy atom. The van der Waals surface area contributed by atoms with Crippen molar-refractivity contribution in [2.24, 2.45) is 5.73 Å². The molecule has 2 aliphatic heterocycles. The van der Waals surface area contributed by atoms with Crippen molar-refractivity contribution in [1.82, 2.24) is 4.90 Å². The van der Waals surface area contributed by atoms with E-state index in [9.17, 15) is 0 Å². The van der Waals surface area contributed by atoms with Gasteiger partial charge in [-0.2, -0.15) is 0 Å². The minimum absolute atomic E-state index is 0.0372. The molecule has 110 valence electrons. The van der Waals surface area contributed by atoms with Crippen molar-refractivity contribution in [3.63, 3.8) is 0 Å². The number of fused-ring (bicyclic) bond motifs is 1. The van der Waals surface area contributed by atoms with Crippen LogP contribution in [0.2, 0.25) is 5.02 Å². The summed E-state index contributed by atoms with van der Waals surface area (Å²) in [5.74, 6) is 0.928. The van der Waals surface area contributed by atoms with Gasteiger partial charge in [-0.3, -0.25) is 0 Å². The highest BCUT2D eigenvalue weighted by Gasteiger charge is 2.42. The molecule has 0 aromatic heterocycles. The predicted molar refractivity (Wildman–Crippen MR) is 82.3 cm³/mol. The highest BCUT2D eigenvalue weighted by atomic mass is 35.5. The second kappa shape index (κ2) is 5.55. The lowest BCUT2D eigenvalue weighted by Gasteiger charge is -2.46. The van der Waals surface area contributed by atoms with Crippen molar-refractivity contribution in [2.45, 2.75) is 44.2 Å². The normalized spacial score (nSPS) is 25.2. The van der Waals surface area contributed by atoms with Crippen LogP contribution in [0.3, 0.4) is 0 Å². The van der Waals surface area contributed by atoms with Crippen molar-refractivity contribution in [3.8, 4) is 5.75 Å². The summed E-state index contributed by atoms with van der Waals surface area (Å²) in [5, 5.41) is 0.733. The number of nitrogens with two attached hydrogens (primary N) is 1. The summed E-state index contributed by atoms with van der Waals surface area (Å²) in [6, 6.07) is 5.84. The molecule has 1 aromatic rings. The lowest BCUT2D eigenvalue weighted by Crippen LogP contribution is -2.51. The van der Waals surface area contributed by atoms with Crippen LogP contribution in [0.25, 0.3) is 0 Å². The first-order valence-corrected chi connectivity index (χ1v) is 7.96. The number of benzene rings is 1. The molecule has 1 aromatic carbocycles. The molecule has 3 nitrogen and oxygen atoms in total. The van der Waals surface area contributed by atoms with Gasteiger partial charge in [0.25, 0.3) is 0 Å². The average molecular weight is 295 g/mol. The van der Waals surface area contributed by atoms with Crippen molar-refractivity contribution in [3.05, 3.63) is 28.8 Å². The molecule has 3 rings (SSSR count). The molecule has 0 radical (unpaired) electrons. The fourth-order valence-corrected chi connectivity index (χ4v) is 3.67. The predicted octanol–water partition coefficient (Wildman–Crippen LogP) is 3.37.